The van der Waals surface area contributed by atoms with Crippen molar-refractivity contribution in [2.24, 2.45) is 5.41 Å². The Hall–Kier alpha value is -1.38. The van der Waals surface area contributed by atoms with Gasteiger partial charge in [0.05, 0.1) is 16.5 Å². The summed E-state index contributed by atoms with van der Waals surface area (Å²) < 4.78 is 26.7. The Bertz CT molecular complexity index is 647. The molecule has 1 heterocycles. The van der Waals surface area contributed by atoms with Gasteiger partial charge in [-0.1, -0.05) is 13.8 Å². The molecule has 1 saturated heterocycles. The highest BCUT2D eigenvalue weighted by Gasteiger charge is 2.32. The van der Waals surface area contributed by atoms with Gasteiger partial charge in [0, 0.05) is 13.1 Å². The molecule has 4 nitrogen and oxygen atoms in total. The lowest BCUT2D eigenvalue weighted by Gasteiger charge is -2.36. The molecule has 1 aliphatic heterocycles. The molecule has 1 fully saturated rings. The fraction of sp³-hybridized carbons (Fsp3) is 0.533. The van der Waals surface area contributed by atoms with E-state index < -0.39 is 10.0 Å². The monoisotopic (exact) mass is 292 g/mol. The number of nitrogens with zero attached hydrogens (tertiary/aromatic N) is 2. The van der Waals surface area contributed by atoms with E-state index in [9.17, 15) is 8.42 Å². The molecule has 0 radical (unpaired) electrons. The van der Waals surface area contributed by atoms with Gasteiger partial charge in [-0.3, -0.25) is 0 Å². The molecule has 0 aromatic heterocycles. The summed E-state index contributed by atoms with van der Waals surface area (Å²) in [5, 5.41) is 8.91. The molecule has 0 unspecified atom stereocenters. The molecule has 108 valence electrons. The van der Waals surface area contributed by atoms with E-state index in [4.69, 9.17) is 5.26 Å². The molecule has 1 aromatic rings. The highest BCUT2D eigenvalue weighted by Crippen LogP contribution is 2.32. The predicted molar refractivity (Wildman–Crippen MR) is 77.7 cm³/mol. The molecule has 1 aliphatic rings. The number of benzene rings is 1. The molecular weight excluding hydrogens is 272 g/mol. The Morgan fingerprint density at radius 3 is 2.35 bits per heavy atom. The van der Waals surface area contributed by atoms with Crippen LogP contribution in [-0.2, 0) is 10.0 Å². The van der Waals surface area contributed by atoms with Gasteiger partial charge in [0.2, 0.25) is 10.0 Å². The van der Waals surface area contributed by atoms with Crippen LogP contribution in [0.15, 0.2) is 23.1 Å². The van der Waals surface area contributed by atoms with Gasteiger partial charge in [-0.05, 0) is 48.9 Å². The van der Waals surface area contributed by atoms with Gasteiger partial charge in [0.25, 0.3) is 0 Å². The van der Waals surface area contributed by atoms with Crippen LogP contribution in [-0.4, -0.2) is 25.8 Å². The van der Waals surface area contributed by atoms with Gasteiger partial charge in [-0.25, -0.2) is 8.42 Å². The van der Waals surface area contributed by atoms with Crippen LogP contribution in [0.5, 0.6) is 0 Å². The standard InChI is InChI=1S/C15H20N2O2S/c1-12-10-14(5-4-13(12)11-16)20(18,19)17-8-6-15(2,3)7-9-17/h4-5,10H,6-9H2,1-3H3. The zero-order valence-electron chi connectivity index (χ0n) is 12.2. The number of rotatable bonds is 2. The Morgan fingerprint density at radius 1 is 1.25 bits per heavy atom. The zero-order chi connectivity index (χ0) is 15.0. The second-order valence-corrected chi connectivity index (χ2v) is 8.09. The summed E-state index contributed by atoms with van der Waals surface area (Å²) in [5.41, 5.74) is 1.43. The molecule has 0 bridgehead atoms. The second-order valence-electron chi connectivity index (χ2n) is 6.16. The first-order valence-corrected chi connectivity index (χ1v) is 8.21. The van der Waals surface area contributed by atoms with Crippen LogP contribution < -0.4 is 0 Å². The maximum atomic E-state index is 12.6. The first-order chi connectivity index (χ1) is 9.26. The van der Waals surface area contributed by atoms with Crippen molar-refractivity contribution in [3.8, 4) is 6.07 Å². The topological polar surface area (TPSA) is 61.2 Å². The van der Waals surface area contributed by atoms with E-state index in [1.165, 1.54) is 6.07 Å². The number of hydrogen-bond acceptors (Lipinski definition) is 3. The van der Waals surface area contributed by atoms with Crippen molar-refractivity contribution < 1.29 is 8.42 Å². The Morgan fingerprint density at radius 2 is 1.85 bits per heavy atom. The minimum absolute atomic E-state index is 0.215. The quantitative estimate of drug-likeness (QED) is 0.842. The molecule has 0 atom stereocenters. The summed E-state index contributed by atoms with van der Waals surface area (Å²) in [6.07, 6.45) is 1.75. The third-order valence-corrected chi connectivity index (χ3v) is 5.93. The number of hydrogen-bond donors (Lipinski definition) is 0. The average Bonchev–Trinajstić information content (AvgIpc) is 2.38. The minimum Gasteiger partial charge on any atom is -0.207 e. The van der Waals surface area contributed by atoms with E-state index in [1.807, 2.05) is 0 Å². The van der Waals surface area contributed by atoms with Crippen LogP contribution in [0.25, 0.3) is 0 Å². The molecule has 5 heteroatoms. The van der Waals surface area contributed by atoms with E-state index in [2.05, 4.69) is 19.9 Å². The van der Waals surface area contributed by atoms with Crippen molar-refractivity contribution in [3.63, 3.8) is 0 Å². The molecule has 20 heavy (non-hydrogen) atoms. The lowest BCUT2D eigenvalue weighted by Crippen LogP contribution is -2.41. The summed E-state index contributed by atoms with van der Waals surface area (Å²) in [7, 11) is -3.44. The normalized spacial score (nSPS) is 19.5. The SMILES string of the molecule is Cc1cc(S(=O)(=O)N2CCC(C)(C)CC2)ccc1C#N. The fourth-order valence-corrected chi connectivity index (χ4v) is 3.93. The van der Waals surface area contributed by atoms with Gasteiger partial charge >= 0.3 is 0 Å². The van der Waals surface area contributed by atoms with E-state index in [1.54, 1.807) is 23.4 Å². The highest BCUT2D eigenvalue weighted by atomic mass is 32.2. The number of aryl methyl sites for hydroxylation is 1. The van der Waals surface area contributed by atoms with E-state index >= 15 is 0 Å². The predicted octanol–water partition coefficient (Wildman–Crippen LogP) is 2.68. The van der Waals surface area contributed by atoms with Crippen molar-refractivity contribution in [1.29, 1.82) is 5.26 Å². The van der Waals surface area contributed by atoms with Crippen molar-refractivity contribution in [3.05, 3.63) is 29.3 Å². The van der Waals surface area contributed by atoms with Gasteiger partial charge in [0.15, 0.2) is 0 Å². The van der Waals surface area contributed by atoms with Crippen LogP contribution >= 0.6 is 0 Å². The Balaban J connectivity index is 2.28. The smallest absolute Gasteiger partial charge is 0.207 e. The average molecular weight is 292 g/mol. The molecule has 1 aromatic carbocycles. The summed E-state index contributed by atoms with van der Waals surface area (Å²) in [5.74, 6) is 0. The molecule has 0 saturated carbocycles. The molecule has 0 amide bonds. The summed E-state index contributed by atoms with van der Waals surface area (Å²) >= 11 is 0. The van der Waals surface area contributed by atoms with Gasteiger partial charge in [0.1, 0.15) is 0 Å². The first-order valence-electron chi connectivity index (χ1n) is 6.77. The maximum Gasteiger partial charge on any atom is 0.243 e. The molecule has 2 rings (SSSR count). The lowest BCUT2D eigenvalue weighted by molar-refractivity contribution is 0.196. The summed E-state index contributed by atoms with van der Waals surface area (Å²) in [6.45, 7) is 7.23. The zero-order valence-corrected chi connectivity index (χ0v) is 13.0. The molecule has 0 N–H and O–H groups in total. The maximum absolute atomic E-state index is 12.6. The Kier molecular flexibility index (Phi) is 3.90. The van der Waals surface area contributed by atoms with Crippen LogP contribution in [0.3, 0.4) is 0 Å². The molecule has 0 spiro atoms. The van der Waals surface area contributed by atoms with E-state index in [0.29, 0.717) is 24.2 Å². The molecular formula is C15H20N2O2S. The van der Waals surface area contributed by atoms with E-state index in [-0.39, 0.29) is 10.3 Å². The first kappa shape index (κ1) is 15.0. The summed E-state index contributed by atoms with van der Waals surface area (Å²) in [6, 6.07) is 6.75. The van der Waals surface area contributed by atoms with Crippen LogP contribution in [0, 0.1) is 23.7 Å². The second kappa shape index (κ2) is 5.19. The third kappa shape index (κ3) is 2.87. The number of sulfonamides is 1. The van der Waals surface area contributed by atoms with Gasteiger partial charge in [-0.2, -0.15) is 9.57 Å². The fourth-order valence-electron chi connectivity index (χ4n) is 2.40. The summed E-state index contributed by atoms with van der Waals surface area (Å²) in [4.78, 5) is 0.286. The highest BCUT2D eigenvalue weighted by molar-refractivity contribution is 7.89. The van der Waals surface area contributed by atoms with Crippen LogP contribution in [0.2, 0.25) is 0 Å². The van der Waals surface area contributed by atoms with Crippen LogP contribution in [0.4, 0.5) is 0 Å². The lowest BCUT2D eigenvalue weighted by atomic mass is 9.83. The van der Waals surface area contributed by atoms with Crippen LogP contribution in [0.1, 0.15) is 37.8 Å². The van der Waals surface area contributed by atoms with Gasteiger partial charge in [-0.15, -0.1) is 0 Å². The van der Waals surface area contributed by atoms with E-state index in [0.717, 1.165) is 12.8 Å². The minimum atomic E-state index is -3.44. The van der Waals surface area contributed by atoms with Crippen molar-refractivity contribution >= 4 is 10.0 Å². The van der Waals surface area contributed by atoms with Crippen molar-refractivity contribution in [2.45, 2.75) is 38.5 Å². The van der Waals surface area contributed by atoms with Crippen molar-refractivity contribution in [2.75, 3.05) is 13.1 Å². The third-order valence-electron chi connectivity index (χ3n) is 4.03. The number of piperidine rings is 1. The number of nitriles is 1. The van der Waals surface area contributed by atoms with Gasteiger partial charge < -0.3 is 0 Å². The Labute approximate surface area is 121 Å². The largest absolute Gasteiger partial charge is 0.243 e. The molecule has 0 aliphatic carbocycles. The van der Waals surface area contributed by atoms with Crippen molar-refractivity contribution in [1.82, 2.24) is 4.31 Å².